The van der Waals surface area contributed by atoms with Gasteiger partial charge in [-0.2, -0.15) is 5.10 Å². The van der Waals surface area contributed by atoms with Gasteiger partial charge in [0.25, 0.3) is 0 Å². The largest absolute Gasteiger partial charge is 0.399 e. The van der Waals surface area contributed by atoms with Gasteiger partial charge in [-0.05, 0) is 37.6 Å². The van der Waals surface area contributed by atoms with E-state index in [2.05, 4.69) is 23.9 Å². The van der Waals surface area contributed by atoms with Crippen molar-refractivity contribution >= 4 is 5.69 Å². The Labute approximate surface area is 101 Å². The van der Waals surface area contributed by atoms with Crippen molar-refractivity contribution in [3.63, 3.8) is 0 Å². The molecule has 0 aliphatic carbocycles. The van der Waals surface area contributed by atoms with E-state index in [1.54, 1.807) is 0 Å². The molecular weight excluding hydrogens is 212 g/mol. The molecule has 0 spiro atoms. The number of hydrogen-bond acceptors (Lipinski definition) is 3. The fraction of sp³-hybridized carbons (Fsp3) is 0.385. The van der Waals surface area contributed by atoms with E-state index in [4.69, 9.17) is 5.73 Å². The molecule has 1 aromatic heterocycles. The number of nitrogen functional groups attached to an aromatic ring is 1. The van der Waals surface area contributed by atoms with E-state index in [1.165, 1.54) is 0 Å². The molecule has 2 rings (SSSR count). The number of aryl methyl sites for hydroxylation is 2. The van der Waals surface area contributed by atoms with Crippen LogP contribution >= 0.6 is 0 Å². The van der Waals surface area contributed by atoms with Crippen LogP contribution in [-0.4, -0.2) is 14.8 Å². The van der Waals surface area contributed by atoms with Crippen molar-refractivity contribution in [1.29, 1.82) is 0 Å². The summed E-state index contributed by atoms with van der Waals surface area (Å²) in [5, 5.41) is 4.53. The van der Waals surface area contributed by atoms with Crippen LogP contribution in [0.4, 0.5) is 5.69 Å². The summed E-state index contributed by atoms with van der Waals surface area (Å²) >= 11 is 0. The fourth-order valence-corrected chi connectivity index (χ4v) is 1.80. The quantitative estimate of drug-likeness (QED) is 0.807. The summed E-state index contributed by atoms with van der Waals surface area (Å²) in [6.45, 7) is 8.18. The summed E-state index contributed by atoms with van der Waals surface area (Å²) in [6.07, 6.45) is 0. The molecule has 0 aliphatic heterocycles. The molecule has 0 unspecified atom stereocenters. The van der Waals surface area contributed by atoms with Crippen LogP contribution < -0.4 is 5.73 Å². The predicted octanol–water partition coefficient (Wildman–Crippen LogP) is 2.59. The highest BCUT2D eigenvalue weighted by atomic mass is 15.3. The molecule has 4 heteroatoms. The van der Waals surface area contributed by atoms with E-state index in [9.17, 15) is 0 Å². The van der Waals surface area contributed by atoms with E-state index >= 15 is 0 Å². The molecule has 1 aromatic carbocycles. The highest BCUT2D eigenvalue weighted by Crippen LogP contribution is 2.19. The molecule has 0 saturated heterocycles. The first-order valence-corrected chi connectivity index (χ1v) is 5.79. The van der Waals surface area contributed by atoms with Crippen LogP contribution in [0.25, 0.3) is 5.69 Å². The first-order chi connectivity index (χ1) is 7.99. The summed E-state index contributed by atoms with van der Waals surface area (Å²) in [4.78, 5) is 4.47. The first-order valence-electron chi connectivity index (χ1n) is 5.79. The van der Waals surface area contributed by atoms with Gasteiger partial charge in [-0.1, -0.05) is 13.8 Å². The SMILES string of the molecule is Cc1cc(N)ccc1-n1nc(C(C)C)nc1C. The van der Waals surface area contributed by atoms with E-state index in [1.807, 2.05) is 36.7 Å². The summed E-state index contributed by atoms with van der Waals surface area (Å²) in [5.74, 6) is 2.12. The van der Waals surface area contributed by atoms with Crippen molar-refractivity contribution in [2.75, 3.05) is 5.73 Å². The smallest absolute Gasteiger partial charge is 0.153 e. The molecule has 2 aromatic rings. The van der Waals surface area contributed by atoms with Crippen LogP contribution in [0, 0.1) is 13.8 Å². The standard InChI is InChI=1S/C13H18N4/c1-8(2)13-15-10(4)17(16-13)12-6-5-11(14)7-9(12)3/h5-8H,14H2,1-4H3. The summed E-state index contributed by atoms with van der Waals surface area (Å²) in [7, 11) is 0. The number of nitrogens with zero attached hydrogens (tertiary/aromatic N) is 3. The van der Waals surface area contributed by atoms with Crippen molar-refractivity contribution in [2.24, 2.45) is 0 Å². The molecule has 0 radical (unpaired) electrons. The minimum atomic E-state index is 0.337. The minimum absolute atomic E-state index is 0.337. The van der Waals surface area contributed by atoms with Crippen LogP contribution in [-0.2, 0) is 0 Å². The van der Waals surface area contributed by atoms with Gasteiger partial charge >= 0.3 is 0 Å². The van der Waals surface area contributed by atoms with Crippen molar-refractivity contribution in [2.45, 2.75) is 33.6 Å². The van der Waals surface area contributed by atoms with E-state index in [-0.39, 0.29) is 0 Å². The Morgan fingerprint density at radius 1 is 1.24 bits per heavy atom. The summed E-state index contributed by atoms with van der Waals surface area (Å²) in [6, 6.07) is 5.82. The van der Waals surface area contributed by atoms with Crippen LogP contribution in [0.15, 0.2) is 18.2 Å². The lowest BCUT2D eigenvalue weighted by Gasteiger charge is -2.07. The summed E-state index contributed by atoms with van der Waals surface area (Å²) < 4.78 is 1.88. The van der Waals surface area contributed by atoms with Crippen LogP contribution in [0.1, 0.15) is 37.0 Å². The Morgan fingerprint density at radius 2 is 1.94 bits per heavy atom. The third kappa shape index (κ3) is 2.16. The molecule has 0 saturated carbocycles. The van der Waals surface area contributed by atoms with Crippen molar-refractivity contribution in [1.82, 2.24) is 14.8 Å². The lowest BCUT2D eigenvalue weighted by molar-refractivity contribution is 0.750. The zero-order valence-electron chi connectivity index (χ0n) is 10.7. The molecule has 0 aliphatic rings. The van der Waals surface area contributed by atoms with Gasteiger partial charge in [0.15, 0.2) is 5.82 Å². The van der Waals surface area contributed by atoms with Crippen LogP contribution in [0.5, 0.6) is 0 Å². The molecule has 0 fully saturated rings. The highest BCUT2D eigenvalue weighted by molar-refractivity contribution is 5.50. The molecule has 0 atom stereocenters. The monoisotopic (exact) mass is 230 g/mol. The Bertz CT molecular complexity index is 540. The van der Waals surface area contributed by atoms with E-state index in [0.717, 1.165) is 28.6 Å². The number of anilines is 1. The molecule has 2 N–H and O–H groups in total. The zero-order valence-corrected chi connectivity index (χ0v) is 10.7. The number of benzene rings is 1. The maximum absolute atomic E-state index is 5.75. The molecule has 0 amide bonds. The predicted molar refractivity (Wildman–Crippen MR) is 69.3 cm³/mol. The number of aromatic nitrogens is 3. The Hall–Kier alpha value is -1.84. The topological polar surface area (TPSA) is 56.7 Å². The molecular formula is C13H18N4. The van der Waals surface area contributed by atoms with Gasteiger partial charge in [0, 0.05) is 11.6 Å². The normalized spacial score (nSPS) is 11.1. The minimum Gasteiger partial charge on any atom is -0.399 e. The average Bonchev–Trinajstić information content (AvgIpc) is 2.61. The Balaban J connectivity index is 2.52. The third-order valence-electron chi connectivity index (χ3n) is 2.75. The lowest BCUT2D eigenvalue weighted by atomic mass is 10.2. The second kappa shape index (κ2) is 4.20. The third-order valence-corrected chi connectivity index (χ3v) is 2.75. The average molecular weight is 230 g/mol. The molecule has 0 bridgehead atoms. The van der Waals surface area contributed by atoms with Gasteiger partial charge in [0.05, 0.1) is 5.69 Å². The number of nitrogens with two attached hydrogens (primary N) is 1. The van der Waals surface area contributed by atoms with E-state index in [0.29, 0.717) is 5.92 Å². The molecule has 1 heterocycles. The number of rotatable bonds is 2. The van der Waals surface area contributed by atoms with Gasteiger partial charge in [-0.3, -0.25) is 0 Å². The zero-order chi connectivity index (χ0) is 12.6. The Morgan fingerprint density at radius 3 is 2.47 bits per heavy atom. The first kappa shape index (κ1) is 11.6. The van der Waals surface area contributed by atoms with Gasteiger partial charge in [-0.25, -0.2) is 9.67 Å². The summed E-state index contributed by atoms with van der Waals surface area (Å²) in [5.41, 5.74) is 8.67. The molecule has 17 heavy (non-hydrogen) atoms. The maximum atomic E-state index is 5.75. The van der Waals surface area contributed by atoms with E-state index < -0.39 is 0 Å². The van der Waals surface area contributed by atoms with Crippen molar-refractivity contribution in [3.05, 3.63) is 35.4 Å². The van der Waals surface area contributed by atoms with Gasteiger partial charge in [0.2, 0.25) is 0 Å². The lowest BCUT2D eigenvalue weighted by Crippen LogP contribution is -2.03. The Kier molecular flexibility index (Phi) is 2.88. The molecule has 4 nitrogen and oxygen atoms in total. The van der Waals surface area contributed by atoms with Gasteiger partial charge in [0.1, 0.15) is 5.82 Å². The number of hydrogen-bond donors (Lipinski definition) is 1. The van der Waals surface area contributed by atoms with Gasteiger partial charge in [-0.15, -0.1) is 0 Å². The van der Waals surface area contributed by atoms with Crippen LogP contribution in [0.2, 0.25) is 0 Å². The van der Waals surface area contributed by atoms with Crippen molar-refractivity contribution in [3.8, 4) is 5.69 Å². The second-order valence-corrected chi connectivity index (χ2v) is 4.63. The highest BCUT2D eigenvalue weighted by Gasteiger charge is 2.12. The fourth-order valence-electron chi connectivity index (χ4n) is 1.80. The second-order valence-electron chi connectivity index (χ2n) is 4.63. The maximum Gasteiger partial charge on any atom is 0.153 e. The van der Waals surface area contributed by atoms with Gasteiger partial charge < -0.3 is 5.73 Å². The molecule has 90 valence electrons. The van der Waals surface area contributed by atoms with Crippen molar-refractivity contribution < 1.29 is 0 Å². The van der Waals surface area contributed by atoms with Crippen LogP contribution in [0.3, 0.4) is 0 Å².